The van der Waals surface area contributed by atoms with Crippen LogP contribution in [0.2, 0.25) is 0 Å². The lowest BCUT2D eigenvalue weighted by molar-refractivity contribution is -0.143. The molecule has 0 aliphatic heterocycles. The standard InChI is InChI=1S/C20H30N2O4/c1-12(2)21-10-14(23)11-25-16-9-7-8-15-17(16)13(3)18(22-15)26-19(24)20(4,5)6/h7-9,12,14,21-23H,10-11H2,1-6H3. The number of carbonyl (C=O) groups excluding carboxylic acids is 1. The van der Waals surface area contributed by atoms with Crippen LogP contribution in [0, 0.1) is 12.3 Å². The van der Waals surface area contributed by atoms with Gasteiger partial charge in [-0.15, -0.1) is 0 Å². The molecule has 0 saturated carbocycles. The van der Waals surface area contributed by atoms with Crippen LogP contribution in [0.15, 0.2) is 18.2 Å². The Kier molecular flexibility index (Phi) is 6.31. The lowest BCUT2D eigenvalue weighted by Crippen LogP contribution is -2.35. The molecule has 0 aliphatic rings. The van der Waals surface area contributed by atoms with Gasteiger partial charge in [-0.1, -0.05) is 19.9 Å². The van der Waals surface area contributed by atoms with E-state index in [2.05, 4.69) is 10.3 Å². The number of aromatic nitrogens is 1. The van der Waals surface area contributed by atoms with Crippen LogP contribution in [-0.2, 0) is 4.79 Å². The van der Waals surface area contributed by atoms with Crippen LogP contribution in [0.4, 0.5) is 0 Å². The van der Waals surface area contributed by atoms with E-state index in [-0.39, 0.29) is 12.6 Å². The molecule has 0 spiro atoms. The topological polar surface area (TPSA) is 83.6 Å². The maximum atomic E-state index is 12.2. The molecule has 3 N–H and O–H groups in total. The Morgan fingerprint density at radius 2 is 2.00 bits per heavy atom. The third-order valence-corrected chi connectivity index (χ3v) is 3.99. The van der Waals surface area contributed by atoms with E-state index < -0.39 is 11.5 Å². The molecule has 0 bridgehead atoms. The first kappa shape index (κ1) is 20.3. The van der Waals surface area contributed by atoms with Gasteiger partial charge in [0.15, 0.2) is 0 Å². The Morgan fingerprint density at radius 1 is 1.31 bits per heavy atom. The quantitative estimate of drug-likeness (QED) is 0.659. The van der Waals surface area contributed by atoms with Crippen LogP contribution >= 0.6 is 0 Å². The molecule has 2 aromatic rings. The van der Waals surface area contributed by atoms with Crippen molar-refractivity contribution < 1.29 is 19.4 Å². The average Bonchev–Trinajstić information content (AvgIpc) is 2.86. The molecule has 1 aromatic carbocycles. The largest absolute Gasteiger partial charge is 0.490 e. The zero-order chi connectivity index (χ0) is 19.5. The van der Waals surface area contributed by atoms with Gasteiger partial charge in [0.2, 0.25) is 5.88 Å². The summed E-state index contributed by atoms with van der Waals surface area (Å²) in [6.45, 7) is 12.0. The number of aliphatic hydroxyl groups excluding tert-OH is 1. The predicted octanol–water partition coefficient (Wildman–Crippen LogP) is 3.17. The van der Waals surface area contributed by atoms with Crippen molar-refractivity contribution in [3.8, 4) is 11.6 Å². The minimum atomic E-state index is -0.606. The minimum absolute atomic E-state index is 0.181. The number of hydrogen-bond donors (Lipinski definition) is 3. The Balaban J connectivity index is 2.17. The molecular formula is C20H30N2O4. The van der Waals surface area contributed by atoms with Crippen molar-refractivity contribution in [2.45, 2.75) is 53.7 Å². The first-order valence-corrected chi connectivity index (χ1v) is 8.97. The molecule has 0 amide bonds. The summed E-state index contributed by atoms with van der Waals surface area (Å²) in [6.07, 6.45) is -0.606. The number of H-pyrrole nitrogens is 1. The monoisotopic (exact) mass is 362 g/mol. The van der Waals surface area contributed by atoms with Gasteiger partial charge >= 0.3 is 5.97 Å². The van der Waals surface area contributed by atoms with Gasteiger partial charge in [-0.2, -0.15) is 0 Å². The maximum Gasteiger partial charge on any atom is 0.317 e. The van der Waals surface area contributed by atoms with E-state index in [1.807, 2.05) is 59.7 Å². The Hall–Kier alpha value is -2.05. The highest BCUT2D eigenvalue weighted by Crippen LogP contribution is 2.35. The fourth-order valence-corrected chi connectivity index (χ4v) is 2.44. The third kappa shape index (κ3) is 4.99. The molecule has 2 rings (SSSR count). The fraction of sp³-hybridized carbons (Fsp3) is 0.550. The van der Waals surface area contributed by atoms with Gasteiger partial charge in [-0.3, -0.25) is 4.79 Å². The highest BCUT2D eigenvalue weighted by molar-refractivity contribution is 5.92. The van der Waals surface area contributed by atoms with E-state index in [4.69, 9.17) is 9.47 Å². The van der Waals surface area contributed by atoms with Gasteiger partial charge < -0.3 is 24.9 Å². The number of aliphatic hydroxyl groups is 1. The molecule has 1 aromatic heterocycles. The van der Waals surface area contributed by atoms with E-state index >= 15 is 0 Å². The Morgan fingerprint density at radius 3 is 2.62 bits per heavy atom. The normalized spacial score (nSPS) is 13.2. The molecule has 0 saturated heterocycles. The SMILES string of the molecule is Cc1c(OC(=O)C(C)(C)C)[nH]c2cccc(OCC(O)CNC(C)C)c12. The molecule has 26 heavy (non-hydrogen) atoms. The molecule has 1 heterocycles. The number of carbonyl (C=O) groups is 1. The summed E-state index contributed by atoms with van der Waals surface area (Å²) in [4.78, 5) is 15.3. The molecule has 1 atom stereocenters. The lowest BCUT2D eigenvalue weighted by atomic mass is 9.97. The number of ether oxygens (including phenoxy) is 2. The number of benzene rings is 1. The molecule has 0 fully saturated rings. The van der Waals surface area contributed by atoms with Crippen molar-refractivity contribution in [1.29, 1.82) is 0 Å². The first-order chi connectivity index (χ1) is 12.1. The molecular weight excluding hydrogens is 332 g/mol. The summed E-state index contributed by atoms with van der Waals surface area (Å²) in [6, 6.07) is 5.92. The van der Waals surface area contributed by atoms with Gasteiger partial charge in [0, 0.05) is 23.5 Å². The Labute approximate surface area is 154 Å². The van der Waals surface area contributed by atoms with Crippen LogP contribution < -0.4 is 14.8 Å². The van der Waals surface area contributed by atoms with E-state index in [0.29, 0.717) is 24.2 Å². The van der Waals surface area contributed by atoms with Gasteiger partial charge in [0.25, 0.3) is 0 Å². The first-order valence-electron chi connectivity index (χ1n) is 8.97. The number of aryl methyl sites for hydroxylation is 1. The van der Waals surface area contributed by atoms with Crippen LogP contribution in [0.25, 0.3) is 10.9 Å². The summed E-state index contributed by atoms with van der Waals surface area (Å²) in [5, 5.41) is 14.1. The number of esters is 1. The number of aromatic amines is 1. The average molecular weight is 362 g/mol. The zero-order valence-electron chi connectivity index (χ0n) is 16.5. The number of hydrogen-bond acceptors (Lipinski definition) is 5. The molecule has 144 valence electrons. The highest BCUT2D eigenvalue weighted by atomic mass is 16.5. The second-order valence-electron chi connectivity index (χ2n) is 7.93. The molecule has 1 unspecified atom stereocenters. The van der Waals surface area contributed by atoms with Crippen molar-refractivity contribution in [1.82, 2.24) is 10.3 Å². The van der Waals surface area contributed by atoms with Crippen LogP contribution in [0.1, 0.15) is 40.2 Å². The van der Waals surface area contributed by atoms with Crippen molar-refractivity contribution in [2.75, 3.05) is 13.2 Å². The predicted molar refractivity (Wildman–Crippen MR) is 103 cm³/mol. The van der Waals surface area contributed by atoms with Gasteiger partial charge in [0.05, 0.1) is 10.9 Å². The highest BCUT2D eigenvalue weighted by Gasteiger charge is 2.26. The summed E-state index contributed by atoms with van der Waals surface area (Å²) < 4.78 is 11.4. The van der Waals surface area contributed by atoms with Crippen LogP contribution in [-0.4, -0.2) is 41.4 Å². The molecule has 0 aliphatic carbocycles. The second kappa shape index (κ2) is 8.10. The van der Waals surface area contributed by atoms with E-state index in [9.17, 15) is 9.90 Å². The smallest absolute Gasteiger partial charge is 0.317 e. The number of fused-ring (bicyclic) bond motifs is 1. The molecule has 6 heteroatoms. The maximum absolute atomic E-state index is 12.2. The Bertz CT molecular complexity index is 759. The molecule has 6 nitrogen and oxygen atoms in total. The second-order valence-corrected chi connectivity index (χ2v) is 7.93. The van der Waals surface area contributed by atoms with Gasteiger partial charge in [0.1, 0.15) is 18.5 Å². The van der Waals surface area contributed by atoms with E-state index in [0.717, 1.165) is 16.5 Å². The van der Waals surface area contributed by atoms with Crippen molar-refractivity contribution in [2.24, 2.45) is 5.41 Å². The summed E-state index contributed by atoms with van der Waals surface area (Å²) in [7, 11) is 0. The lowest BCUT2D eigenvalue weighted by Gasteiger charge is -2.16. The van der Waals surface area contributed by atoms with E-state index in [1.54, 1.807) is 0 Å². The van der Waals surface area contributed by atoms with Crippen molar-refractivity contribution >= 4 is 16.9 Å². The number of rotatable bonds is 7. The van der Waals surface area contributed by atoms with Gasteiger partial charge in [-0.25, -0.2) is 0 Å². The van der Waals surface area contributed by atoms with E-state index in [1.165, 1.54) is 0 Å². The summed E-state index contributed by atoms with van der Waals surface area (Å²) >= 11 is 0. The summed E-state index contributed by atoms with van der Waals surface area (Å²) in [5.74, 6) is 0.778. The van der Waals surface area contributed by atoms with Crippen molar-refractivity contribution in [3.63, 3.8) is 0 Å². The zero-order valence-corrected chi connectivity index (χ0v) is 16.5. The fourth-order valence-electron chi connectivity index (χ4n) is 2.44. The molecule has 0 radical (unpaired) electrons. The number of nitrogens with one attached hydrogen (secondary N) is 2. The van der Waals surface area contributed by atoms with Crippen LogP contribution in [0.3, 0.4) is 0 Å². The summed E-state index contributed by atoms with van der Waals surface area (Å²) in [5.41, 5.74) is 1.05. The van der Waals surface area contributed by atoms with Gasteiger partial charge in [-0.05, 0) is 39.8 Å². The third-order valence-electron chi connectivity index (χ3n) is 3.99. The van der Waals surface area contributed by atoms with Crippen LogP contribution in [0.5, 0.6) is 11.6 Å². The minimum Gasteiger partial charge on any atom is -0.490 e. The van der Waals surface area contributed by atoms with Crippen molar-refractivity contribution in [3.05, 3.63) is 23.8 Å².